The van der Waals surface area contributed by atoms with Crippen molar-refractivity contribution in [3.05, 3.63) is 59.1 Å². The Hall–Kier alpha value is -2.02. The predicted octanol–water partition coefficient (Wildman–Crippen LogP) is 4.39. The second kappa shape index (κ2) is 7.54. The second-order valence-electron chi connectivity index (χ2n) is 7.51. The van der Waals surface area contributed by atoms with Crippen molar-refractivity contribution in [1.29, 1.82) is 0 Å². The summed E-state index contributed by atoms with van der Waals surface area (Å²) in [6, 6.07) is 14.7. The number of hydrogen-bond acceptors (Lipinski definition) is 4. The highest BCUT2D eigenvalue weighted by molar-refractivity contribution is 6.62. The number of hydrogen-bond donors (Lipinski definition) is 1. The Morgan fingerprint density at radius 3 is 2.30 bits per heavy atom. The zero-order chi connectivity index (χ0) is 19.7. The van der Waals surface area contributed by atoms with Gasteiger partial charge in [0.2, 0.25) is 0 Å². The first-order chi connectivity index (χ1) is 12.7. The third kappa shape index (κ3) is 4.46. The molecule has 0 bridgehead atoms. The molecular weight excluding hydrogens is 364 g/mol. The highest BCUT2D eigenvalue weighted by Gasteiger charge is 2.51. The maximum atomic E-state index is 12.0. The Morgan fingerprint density at radius 1 is 1.07 bits per heavy atom. The summed E-state index contributed by atoms with van der Waals surface area (Å²) in [5, 5.41) is 3.04. The lowest BCUT2D eigenvalue weighted by atomic mass is 9.79. The molecule has 0 atom stereocenters. The molecule has 2 aromatic carbocycles. The highest BCUT2D eigenvalue weighted by Crippen LogP contribution is 2.36. The van der Waals surface area contributed by atoms with Gasteiger partial charge in [0.05, 0.1) is 21.9 Å². The van der Waals surface area contributed by atoms with Crippen molar-refractivity contribution in [3.8, 4) is 0 Å². The molecule has 27 heavy (non-hydrogen) atoms. The van der Waals surface area contributed by atoms with E-state index >= 15 is 0 Å². The number of amides is 1. The van der Waals surface area contributed by atoms with Crippen molar-refractivity contribution in [2.75, 3.05) is 5.32 Å². The first-order valence-corrected chi connectivity index (χ1v) is 9.18. The number of halogens is 1. The number of nitrogens with one attached hydrogen (secondary N) is 1. The molecule has 5 nitrogen and oxygen atoms in total. The van der Waals surface area contributed by atoms with Gasteiger partial charge in [-0.15, -0.1) is 0 Å². The van der Waals surface area contributed by atoms with Crippen molar-refractivity contribution in [1.82, 2.24) is 0 Å². The van der Waals surface area contributed by atoms with E-state index in [-0.39, 0.29) is 6.61 Å². The zero-order valence-corrected chi connectivity index (χ0v) is 16.7. The molecular formula is C20H23BClNO4. The summed E-state index contributed by atoms with van der Waals surface area (Å²) in [6.45, 7) is 8.16. The van der Waals surface area contributed by atoms with Crippen LogP contribution >= 0.6 is 11.6 Å². The zero-order valence-electron chi connectivity index (χ0n) is 15.9. The van der Waals surface area contributed by atoms with Gasteiger partial charge in [0, 0.05) is 0 Å². The minimum atomic E-state index is -0.566. The van der Waals surface area contributed by atoms with Gasteiger partial charge in [-0.1, -0.05) is 48.0 Å². The van der Waals surface area contributed by atoms with E-state index in [0.29, 0.717) is 10.7 Å². The molecule has 1 heterocycles. The predicted molar refractivity (Wildman–Crippen MR) is 107 cm³/mol. The van der Waals surface area contributed by atoms with E-state index in [0.717, 1.165) is 11.0 Å². The molecule has 1 fully saturated rings. The van der Waals surface area contributed by atoms with Gasteiger partial charge in [-0.2, -0.15) is 0 Å². The van der Waals surface area contributed by atoms with E-state index in [9.17, 15) is 4.79 Å². The summed E-state index contributed by atoms with van der Waals surface area (Å²) in [4.78, 5) is 12.0. The topological polar surface area (TPSA) is 56.8 Å². The summed E-state index contributed by atoms with van der Waals surface area (Å²) in [5.41, 5.74) is 1.32. The van der Waals surface area contributed by atoms with E-state index < -0.39 is 24.4 Å². The van der Waals surface area contributed by atoms with Gasteiger partial charge < -0.3 is 14.0 Å². The summed E-state index contributed by atoms with van der Waals surface area (Å²) in [6.07, 6.45) is -0.566. The molecule has 7 heteroatoms. The molecule has 0 radical (unpaired) electrons. The molecule has 0 aliphatic carbocycles. The van der Waals surface area contributed by atoms with Crippen LogP contribution in [0.4, 0.5) is 10.5 Å². The molecule has 3 rings (SSSR count). The quantitative estimate of drug-likeness (QED) is 0.791. The fraction of sp³-hybridized carbons (Fsp3) is 0.350. The van der Waals surface area contributed by atoms with Gasteiger partial charge in [0.25, 0.3) is 0 Å². The molecule has 1 aliphatic heterocycles. The molecule has 0 saturated carbocycles. The van der Waals surface area contributed by atoms with E-state index in [1.54, 1.807) is 12.1 Å². The third-order valence-corrected chi connectivity index (χ3v) is 5.28. The van der Waals surface area contributed by atoms with Gasteiger partial charge in [0.1, 0.15) is 6.61 Å². The number of ether oxygens (including phenoxy) is 1. The number of carbonyl (C=O) groups excluding carboxylic acids is 1. The van der Waals surface area contributed by atoms with Crippen LogP contribution < -0.4 is 10.8 Å². The lowest BCUT2D eigenvalue weighted by Gasteiger charge is -2.32. The maximum absolute atomic E-state index is 12.0. The first kappa shape index (κ1) is 19.7. The van der Waals surface area contributed by atoms with Crippen LogP contribution in [0.15, 0.2) is 48.5 Å². The standard InChI is InChI=1S/C20H23BClNO4/c1-19(2)20(3,4)27-21(26-19)15-10-11-17(16(22)12-15)23-18(24)25-13-14-8-6-5-7-9-14/h5-12H,13H2,1-4H3,(H,23,24). The SMILES string of the molecule is CC1(C)OB(c2ccc(NC(=O)OCc3ccccc3)c(Cl)c2)OC1(C)C. The van der Waals surface area contributed by atoms with Crippen LogP contribution in [0.2, 0.25) is 5.02 Å². The number of benzene rings is 2. The van der Waals surface area contributed by atoms with Crippen molar-refractivity contribution < 1.29 is 18.8 Å². The van der Waals surface area contributed by atoms with Gasteiger partial charge >= 0.3 is 13.2 Å². The van der Waals surface area contributed by atoms with Crippen LogP contribution in [0, 0.1) is 0 Å². The molecule has 0 spiro atoms. The molecule has 1 N–H and O–H groups in total. The smallest absolute Gasteiger partial charge is 0.444 e. The minimum Gasteiger partial charge on any atom is -0.444 e. The second-order valence-corrected chi connectivity index (χ2v) is 7.92. The van der Waals surface area contributed by atoms with Crippen molar-refractivity contribution in [3.63, 3.8) is 0 Å². The Bertz CT molecular complexity index is 810. The normalized spacial score (nSPS) is 17.6. The van der Waals surface area contributed by atoms with Gasteiger partial charge in [0.15, 0.2) is 0 Å². The lowest BCUT2D eigenvalue weighted by molar-refractivity contribution is 0.00578. The Morgan fingerprint density at radius 2 is 1.70 bits per heavy atom. The average molecular weight is 388 g/mol. The lowest BCUT2D eigenvalue weighted by Crippen LogP contribution is -2.41. The molecule has 1 aliphatic rings. The molecule has 2 aromatic rings. The molecule has 1 amide bonds. The summed E-state index contributed by atoms with van der Waals surface area (Å²) in [5.74, 6) is 0. The minimum absolute atomic E-state index is 0.191. The third-order valence-electron chi connectivity index (χ3n) is 4.97. The van der Waals surface area contributed by atoms with Crippen LogP contribution in [0.5, 0.6) is 0 Å². The van der Waals surface area contributed by atoms with E-state index in [4.69, 9.17) is 25.6 Å². The molecule has 142 valence electrons. The van der Waals surface area contributed by atoms with E-state index in [1.807, 2.05) is 64.1 Å². The van der Waals surface area contributed by atoms with Crippen LogP contribution in [-0.4, -0.2) is 24.4 Å². The number of rotatable bonds is 4. The van der Waals surface area contributed by atoms with Crippen molar-refractivity contribution in [2.24, 2.45) is 0 Å². The van der Waals surface area contributed by atoms with Crippen LogP contribution in [0.1, 0.15) is 33.3 Å². The Balaban J connectivity index is 1.62. The summed E-state index contributed by atoms with van der Waals surface area (Å²) < 4.78 is 17.3. The Labute approximate surface area is 165 Å². The number of carbonyl (C=O) groups is 1. The van der Waals surface area contributed by atoms with Crippen molar-refractivity contribution in [2.45, 2.75) is 45.5 Å². The molecule has 0 aromatic heterocycles. The van der Waals surface area contributed by atoms with Crippen LogP contribution in [0.25, 0.3) is 0 Å². The van der Waals surface area contributed by atoms with Crippen molar-refractivity contribution >= 4 is 36.0 Å². The van der Waals surface area contributed by atoms with Gasteiger partial charge in [-0.05, 0) is 50.9 Å². The fourth-order valence-electron chi connectivity index (χ4n) is 2.63. The first-order valence-electron chi connectivity index (χ1n) is 8.81. The highest BCUT2D eigenvalue weighted by atomic mass is 35.5. The largest absolute Gasteiger partial charge is 0.494 e. The fourth-order valence-corrected chi connectivity index (χ4v) is 2.86. The van der Waals surface area contributed by atoms with Gasteiger partial charge in [-0.3, -0.25) is 5.32 Å². The Kier molecular flexibility index (Phi) is 5.51. The van der Waals surface area contributed by atoms with Crippen LogP contribution in [0.3, 0.4) is 0 Å². The van der Waals surface area contributed by atoms with Crippen LogP contribution in [-0.2, 0) is 20.7 Å². The van der Waals surface area contributed by atoms with E-state index in [1.165, 1.54) is 0 Å². The molecule has 1 saturated heterocycles. The average Bonchev–Trinajstić information content (AvgIpc) is 2.83. The maximum Gasteiger partial charge on any atom is 0.494 e. The monoisotopic (exact) mass is 387 g/mol. The van der Waals surface area contributed by atoms with Gasteiger partial charge in [-0.25, -0.2) is 4.79 Å². The molecule has 0 unspecified atom stereocenters. The summed E-state index contributed by atoms with van der Waals surface area (Å²) in [7, 11) is -0.508. The van der Waals surface area contributed by atoms with E-state index in [2.05, 4.69) is 5.32 Å². The summed E-state index contributed by atoms with van der Waals surface area (Å²) >= 11 is 6.33. The number of anilines is 1.